The number of hydrogen-bond acceptors (Lipinski definition) is 20. The minimum Gasteiger partial charge on any atom is -0.377 e. The molecule has 0 bridgehead atoms. The molecule has 1 aromatic carbocycles. The van der Waals surface area contributed by atoms with Crippen LogP contribution in [0.1, 0.15) is 115 Å². The Morgan fingerprint density at radius 3 is 1.50 bits per heavy atom. The predicted octanol–water partition coefficient (Wildman–Crippen LogP) is 4.43. The number of ether oxygens (including phenoxy) is 8. The summed E-state index contributed by atoms with van der Waals surface area (Å²) in [6, 6.07) is 8.07. The zero-order chi connectivity index (χ0) is 64.1. The lowest BCUT2D eigenvalue weighted by atomic mass is 10.0. The first-order valence-electron chi connectivity index (χ1n) is 32.1. The number of rotatable bonds is 55. The van der Waals surface area contributed by atoms with Crippen LogP contribution in [-0.4, -0.2) is 223 Å². The average molecular weight is 1310 g/mol. The van der Waals surface area contributed by atoms with Gasteiger partial charge in [-0.15, -0.1) is 0 Å². The lowest BCUT2D eigenvalue weighted by molar-refractivity contribution is -0.126. The van der Waals surface area contributed by atoms with Gasteiger partial charge in [0.05, 0.1) is 124 Å². The van der Waals surface area contributed by atoms with Gasteiger partial charge < -0.3 is 90.3 Å². The molecule has 4 heterocycles. The molecule has 0 radical (unpaired) electrons. The number of aromatic nitrogens is 4. The Bertz CT molecular complexity index is 2510. The second-order valence-electron chi connectivity index (χ2n) is 21.9. The summed E-state index contributed by atoms with van der Waals surface area (Å²) in [7, 11) is 0. The van der Waals surface area contributed by atoms with Crippen molar-refractivity contribution in [1.82, 2.24) is 56.7 Å². The third-order valence-corrected chi connectivity index (χ3v) is 16.0. The summed E-state index contributed by atoms with van der Waals surface area (Å²) >= 11 is 7.94. The van der Waals surface area contributed by atoms with Gasteiger partial charge in [-0.25, -0.2) is 9.78 Å². The summed E-state index contributed by atoms with van der Waals surface area (Å²) in [5.41, 5.74) is 2.38. The number of nitrogens with zero attached hydrogens (tertiary/aromatic N) is 4. The van der Waals surface area contributed by atoms with E-state index in [0.717, 1.165) is 69.1 Å². The van der Waals surface area contributed by atoms with E-state index in [-0.39, 0.29) is 66.5 Å². The number of hydrogen-bond donors (Lipinski definition) is 9. The number of benzene rings is 1. The Balaban J connectivity index is 0.669. The maximum Gasteiger partial charge on any atom is 0.315 e. The minimum atomic E-state index is -0.238. The van der Waals surface area contributed by atoms with Crippen LogP contribution in [0.2, 0.25) is 5.02 Å². The molecule has 9 N–H and O–H groups in total. The molecule has 3 aromatic rings. The van der Waals surface area contributed by atoms with E-state index in [9.17, 15) is 28.8 Å². The number of fused-ring (bicyclic) bond motifs is 2. The molecule has 90 heavy (non-hydrogen) atoms. The van der Waals surface area contributed by atoms with Gasteiger partial charge in [-0.1, -0.05) is 43.0 Å². The number of anilines is 2. The first-order chi connectivity index (χ1) is 43.9. The molecule has 0 aliphatic carbocycles. The van der Waals surface area contributed by atoms with E-state index in [1.165, 1.54) is 0 Å². The van der Waals surface area contributed by atoms with E-state index in [1.54, 1.807) is 6.33 Å². The summed E-state index contributed by atoms with van der Waals surface area (Å²) in [6.07, 6.45) is 11.0. The predicted molar refractivity (Wildman–Crippen MR) is 345 cm³/mol. The van der Waals surface area contributed by atoms with E-state index in [4.69, 9.17) is 49.5 Å². The summed E-state index contributed by atoms with van der Waals surface area (Å²) in [5, 5.41) is 28.0. The Morgan fingerprint density at radius 1 is 0.544 bits per heavy atom. The Kier molecular flexibility index (Phi) is 39.4. The maximum absolute atomic E-state index is 12.4. The van der Waals surface area contributed by atoms with Crippen molar-refractivity contribution in [2.24, 2.45) is 0 Å². The van der Waals surface area contributed by atoms with Crippen LogP contribution in [0.15, 0.2) is 30.6 Å². The number of urea groups is 1. The van der Waals surface area contributed by atoms with Crippen LogP contribution in [0.4, 0.5) is 16.6 Å². The van der Waals surface area contributed by atoms with Crippen LogP contribution >= 0.6 is 23.4 Å². The molecule has 27 nitrogen and oxygen atoms in total. The van der Waals surface area contributed by atoms with Gasteiger partial charge in [-0.05, 0) is 70.1 Å². The molecule has 0 spiro atoms. The zero-order valence-electron chi connectivity index (χ0n) is 52.9. The van der Waals surface area contributed by atoms with Crippen molar-refractivity contribution in [2.45, 2.75) is 134 Å². The molecule has 3 atom stereocenters. The van der Waals surface area contributed by atoms with Crippen LogP contribution in [-0.2, 0) is 68.4 Å². The molecule has 2 saturated heterocycles. The quantitative estimate of drug-likeness (QED) is 0.0279. The van der Waals surface area contributed by atoms with Gasteiger partial charge in [0.2, 0.25) is 35.5 Å². The highest BCUT2D eigenvalue weighted by atomic mass is 35.5. The monoisotopic (exact) mass is 1310 g/mol. The number of thioether (sulfide) groups is 1. The van der Waals surface area contributed by atoms with Crippen molar-refractivity contribution in [3.63, 3.8) is 0 Å². The summed E-state index contributed by atoms with van der Waals surface area (Å²) in [4.78, 5) is 86.6. The fraction of sp³-hybridized carbons (Fsp3) is 0.721. The Hall–Kier alpha value is -5.69. The molecule has 0 saturated carbocycles. The van der Waals surface area contributed by atoms with E-state index < -0.39 is 0 Å². The average Bonchev–Trinajstić information content (AvgIpc) is 1.72. The molecule has 2 aromatic heterocycles. The fourth-order valence-corrected chi connectivity index (χ4v) is 11.1. The number of halogens is 1. The molecule has 2 fully saturated rings. The number of imidazole rings is 1. The van der Waals surface area contributed by atoms with E-state index in [2.05, 4.69) is 76.7 Å². The van der Waals surface area contributed by atoms with E-state index in [0.29, 0.717) is 204 Å². The third kappa shape index (κ3) is 33.6. The lowest BCUT2D eigenvalue weighted by Crippen LogP contribution is -2.36. The number of carbonyl (C=O) groups excluding carboxylic acids is 6. The van der Waals surface area contributed by atoms with Gasteiger partial charge in [0.15, 0.2) is 17.0 Å². The molecule has 0 unspecified atom stereocenters. The molecule has 2 aliphatic rings. The Labute approximate surface area is 539 Å². The number of amides is 7. The highest BCUT2D eigenvalue weighted by Gasteiger charge is 2.42. The van der Waals surface area contributed by atoms with Crippen molar-refractivity contribution in [1.29, 1.82) is 0 Å². The van der Waals surface area contributed by atoms with Crippen LogP contribution in [0, 0.1) is 0 Å². The van der Waals surface area contributed by atoms with Crippen LogP contribution in [0.3, 0.4) is 0 Å². The molecular formula is C61H100ClN13O14S. The van der Waals surface area contributed by atoms with Crippen LogP contribution in [0.25, 0.3) is 11.2 Å². The molecule has 5 rings (SSSR count). The SMILES string of the molecule is CC(C)n1cnc2c(NCc3ccc(Cl)cc3)nc(NCCNC(=O)CCC(=O)NCCOCCOCCOCCOCCOCCOCCOCCOCCNC(=O)CCCCCNC(=O)CCCCCNC(=O)CCCC[C@@H]3SC[C@@H]4NC(=O)N[C@@H]43)nc21. The van der Waals surface area contributed by atoms with Crippen LogP contribution in [0.5, 0.6) is 0 Å². The van der Waals surface area contributed by atoms with Crippen molar-refractivity contribution in [3.05, 3.63) is 41.2 Å². The van der Waals surface area contributed by atoms with Gasteiger partial charge in [-0.2, -0.15) is 21.7 Å². The van der Waals surface area contributed by atoms with Gasteiger partial charge in [-0.3, -0.25) is 24.0 Å². The second kappa shape index (κ2) is 47.2. The van der Waals surface area contributed by atoms with Crippen LogP contribution < -0.4 is 47.9 Å². The smallest absolute Gasteiger partial charge is 0.315 e. The summed E-state index contributed by atoms with van der Waals surface area (Å²) in [6.45, 7) is 14.0. The summed E-state index contributed by atoms with van der Waals surface area (Å²) < 4.78 is 46.2. The Morgan fingerprint density at radius 2 is 1.00 bits per heavy atom. The largest absolute Gasteiger partial charge is 0.377 e. The normalized spacial score (nSPS) is 15.2. The van der Waals surface area contributed by atoms with Crippen molar-refractivity contribution >= 4 is 81.9 Å². The lowest BCUT2D eigenvalue weighted by Gasteiger charge is -2.16. The highest BCUT2D eigenvalue weighted by molar-refractivity contribution is 8.00. The molecule has 29 heteroatoms. The van der Waals surface area contributed by atoms with Gasteiger partial charge in [0.25, 0.3) is 0 Å². The van der Waals surface area contributed by atoms with E-state index in [1.807, 2.05) is 40.6 Å². The fourth-order valence-electron chi connectivity index (χ4n) is 9.40. The first kappa shape index (κ1) is 75.0. The zero-order valence-corrected chi connectivity index (χ0v) is 54.4. The van der Waals surface area contributed by atoms with Gasteiger partial charge >= 0.3 is 6.03 Å². The first-order valence-corrected chi connectivity index (χ1v) is 33.5. The van der Waals surface area contributed by atoms with Gasteiger partial charge in [0.1, 0.15) is 0 Å². The highest BCUT2D eigenvalue weighted by Crippen LogP contribution is 2.33. The number of carbonyl (C=O) groups is 6. The topological polar surface area (TPSA) is 328 Å². The van der Waals surface area contributed by atoms with E-state index >= 15 is 0 Å². The van der Waals surface area contributed by atoms with Crippen molar-refractivity contribution in [3.8, 4) is 0 Å². The molecule has 506 valence electrons. The van der Waals surface area contributed by atoms with Gasteiger partial charge in [0, 0.05) is 100.0 Å². The molecule has 2 aliphatic heterocycles. The maximum atomic E-state index is 12.4. The minimum absolute atomic E-state index is 0.0157. The number of nitrogens with one attached hydrogen (secondary N) is 9. The van der Waals surface area contributed by atoms with Crippen molar-refractivity contribution < 1.29 is 66.7 Å². The number of unbranched alkanes of at least 4 members (excludes halogenated alkanes) is 5. The third-order valence-electron chi connectivity index (χ3n) is 14.3. The second-order valence-corrected chi connectivity index (χ2v) is 23.6. The van der Waals surface area contributed by atoms with Crippen molar-refractivity contribution in [2.75, 3.05) is 161 Å². The molecular weight excluding hydrogens is 1210 g/mol. The molecule has 7 amide bonds. The summed E-state index contributed by atoms with van der Waals surface area (Å²) in [5.74, 6) is 1.55. The standard InChI is InChI=1S/C61H100ClN13O14S/c1-46(2)75-45-70-57-58(69-43-47-15-17-48(62)18-16-47)73-60(74-59(57)75)68-24-23-65-54(79)19-20-55(80)67-26-28-83-30-32-85-34-36-87-38-40-89-42-41-88-39-37-86-35-33-84-31-29-82-27-25-66-53(78)13-6-4-10-21-63-51(76)12-5-3-9-22-64-52(77)14-8-7-11-50-56-49(44-90-50)71-61(81)72-56/h15-18,45-46,49-50,56H,3-14,19-44H2,1-2H3,(H,63,76)(H,64,77)(H,65,79)(H,66,78)(H,67,80)(H2,71,72,81)(H2,68,69,73,74)/t49-,50-,56-/m0/s1.